The van der Waals surface area contributed by atoms with Gasteiger partial charge in [-0.3, -0.25) is 0 Å². The van der Waals surface area contributed by atoms with Crippen LogP contribution in [0.15, 0.2) is 16.7 Å². The molecular weight excluding hydrogens is 234 g/mol. The molecule has 1 rings (SSSR count). The summed E-state index contributed by atoms with van der Waals surface area (Å²) in [7, 11) is 0. The van der Waals surface area contributed by atoms with Crippen LogP contribution in [0, 0.1) is 0 Å². The number of pyridine rings is 1. The van der Waals surface area contributed by atoms with Gasteiger partial charge in [-0.1, -0.05) is 0 Å². The third-order valence-corrected chi connectivity index (χ3v) is 2.43. The molecular formula is C8H12BrN3O. The van der Waals surface area contributed by atoms with E-state index in [-0.39, 0.29) is 0 Å². The normalized spacial score (nSPS) is 15.4. The number of nitrogens with zero attached hydrogens (tertiary/aromatic N) is 1. The number of hydrogen-bond acceptors (Lipinski definition) is 4. The Morgan fingerprint density at radius 3 is 2.69 bits per heavy atom. The Morgan fingerprint density at radius 2 is 2.23 bits per heavy atom. The fourth-order valence-corrected chi connectivity index (χ4v) is 1.29. The SMILES string of the molecule is CC(O)C(N)c1cnc(N)c(Br)c1. The van der Waals surface area contributed by atoms with Crippen LogP contribution in [-0.2, 0) is 0 Å². The molecule has 0 fully saturated rings. The van der Waals surface area contributed by atoms with E-state index < -0.39 is 12.1 Å². The zero-order valence-corrected chi connectivity index (χ0v) is 8.82. The number of aliphatic hydroxyl groups is 1. The van der Waals surface area contributed by atoms with Gasteiger partial charge in [-0.15, -0.1) is 0 Å². The number of rotatable bonds is 2. The molecule has 2 unspecified atom stereocenters. The van der Waals surface area contributed by atoms with Gasteiger partial charge in [0.1, 0.15) is 5.82 Å². The Bertz CT molecular complexity index is 303. The minimum Gasteiger partial charge on any atom is -0.391 e. The quantitative estimate of drug-likeness (QED) is 0.720. The minimum absolute atomic E-state index is 0.418. The summed E-state index contributed by atoms with van der Waals surface area (Å²) in [5.41, 5.74) is 12.0. The van der Waals surface area contributed by atoms with Crippen molar-refractivity contribution >= 4 is 21.7 Å². The lowest BCUT2D eigenvalue weighted by molar-refractivity contribution is 0.164. The summed E-state index contributed by atoms with van der Waals surface area (Å²) in [6.07, 6.45) is 0.967. The Balaban J connectivity index is 2.97. The monoisotopic (exact) mass is 245 g/mol. The summed E-state index contributed by atoms with van der Waals surface area (Å²) < 4.78 is 0.695. The maximum atomic E-state index is 9.24. The summed E-state index contributed by atoms with van der Waals surface area (Å²) in [5.74, 6) is 0.418. The van der Waals surface area contributed by atoms with Crippen LogP contribution in [-0.4, -0.2) is 16.2 Å². The van der Waals surface area contributed by atoms with Crippen LogP contribution in [0.25, 0.3) is 0 Å². The molecule has 1 aromatic rings. The Morgan fingerprint density at radius 1 is 1.62 bits per heavy atom. The molecule has 5 heteroatoms. The predicted octanol–water partition coefficient (Wildman–Crippen LogP) is 0.807. The van der Waals surface area contributed by atoms with Crippen molar-refractivity contribution in [3.63, 3.8) is 0 Å². The molecule has 4 nitrogen and oxygen atoms in total. The van der Waals surface area contributed by atoms with E-state index in [1.807, 2.05) is 0 Å². The number of nitrogen functional groups attached to an aromatic ring is 1. The lowest BCUT2D eigenvalue weighted by Gasteiger charge is -2.14. The smallest absolute Gasteiger partial charge is 0.137 e. The van der Waals surface area contributed by atoms with Crippen molar-refractivity contribution in [1.29, 1.82) is 0 Å². The van der Waals surface area contributed by atoms with Gasteiger partial charge < -0.3 is 16.6 Å². The summed E-state index contributed by atoms with van der Waals surface area (Å²) in [6.45, 7) is 1.63. The highest BCUT2D eigenvalue weighted by Gasteiger charge is 2.13. The van der Waals surface area contributed by atoms with Crippen molar-refractivity contribution in [2.45, 2.75) is 19.1 Å². The van der Waals surface area contributed by atoms with Crippen LogP contribution in [0.2, 0.25) is 0 Å². The summed E-state index contributed by atoms with van der Waals surface area (Å²) in [6, 6.07) is 1.34. The van der Waals surface area contributed by atoms with Crippen molar-refractivity contribution in [1.82, 2.24) is 4.98 Å². The molecule has 5 N–H and O–H groups in total. The van der Waals surface area contributed by atoms with E-state index in [9.17, 15) is 5.11 Å². The third kappa shape index (κ3) is 2.40. The van der Waals surface area contributed by atoms with Crippen LogP contribution in [0.5, 0.6) is 0 Å². The zero-order chi connectivity index (χ0) is 10.0. The second-order valence-electron chi connectivity index (χ2n) is 2.90. The summed E-state index contributed by atoms with van der Waals surface area (Å²) in [5, 5.41) is 9.24. The van der Waals surface area contributed by atoms with E-state index in [4.69, 9.17) is 11.5 Å². The lowest BCUT2D eigenvalue weighted by atomic mass is 10.1. The van der Waals surface area contributed by atoms with Crippen molar-refractivity contribution in [3.05, 3.63) is 22.3 Å². The maximum absolute atomic E-state index is 9.24. The van der Waals surface area contributed by atoms with Crippen molar-refractivity contribution in [2.75, 3.05) is 5.73 Å². The van der Waals surface area contributed by atoms with Crippen LogP contribution in [0.1, 0.15) is 18.5 Å². The average molecular weight is 246 g/mol. The maximum Gasteiger partial charge on any atom is 0.137 e. The average Bonchev–Trinajstić information content (AvgIpc) is 2.08. The van der Waals surface area contributed by atoms with E-state index in [0.717, 1.165) is 5.56 Å². The van der Waals surface area contributed by atoms with Gasteiger partial charge in [-0.25, -0.2) is 4.98 Å². The first-order valence-corrected chi connectivity index (χ1v) is 4.66. The van der Waals surface area contributed by atoms with Gasteiger partial charge in [-0.05, 0) is 34.5 Å². The lowest BCUT2D eigenvalue weighted by Crippen LogP contribution is -2.23. The standard InChI is InChI=1S/C8H12BrN3O/c1-4(13)7(10)5-2-6(9)8(11)12-3-5/h2-4,7,13H,10H2,1H3,(H2,11,12). The number of halogens is 1. The molecule has 0 radical (unpaired) electrons. The van der Waals surface area contributed by atoms with Crippen molar-refractivity contribution in [2.24, 2.45) is 5.73 Å². The Hall–Kier alpha value is -0.650. The van der Waals surface area contributed by atoms with Crippen molar-refractivity contribution < 1.29 is 5.11 Å². The number of nitrogens with two attached hydrogens (primary N) is 2. The molecule has 1 heterocycles. The number of aliphatic hydroxyl groups excluding tert-OH is 1. The molecule has 0 saturated heterocycles. The second-order valence-corrected chi connectivity index (χ2v) is 3.76. The third-order valence-electron chi connectivity index (χ3n) is 1.80. The van der Waals surface area contributed by atoms with Gasteiger partial charge in [0.2, 0.25) is 0 Å². The molecule has 0 amide bonds. The van der Waals surface area contributed by atoms with E-state index in [2.05, 4.69) is 20.9 Å². The van der Waals surface area contributed by atoms with Crippen LogP contribution < -0.4 is 11.5 Å². The molecule has 0 aliphatic carbocycles. The largest absolute Gasteiger partial charge is 0.391 e. The Labute approximate surface area is 85.1 Å². The van der Waals surface area contributed by atoms with Crippen LogP contribution >= 0.6 is 15.9 Å². The molecule has 13 heavy (non-hydrogen) atoms. The number of aromatic nitrogens is 1. The van der Waals surface area contributed by atoms with E-state index >= 15 is 0 Å². The molecule has 72 valence electrons. The fraction of sp³-hybridized carbons (Fsp3) is 0.375. The van der Waals surface area contributed by atoms with Crippen LogP contribution in [0.3, 0.4) is 0 Å². The second kappa shape index (κ2) is 4.04. The van der Waals surface area contributed by atoms with Gasteiger partial charge in [0.05, 0.1) is 16.6 Å². The molecule has 0 aliphatic heterocycles. The van der Waals surface area contributed by atoms with Gasteiger partial charge in [0, 0.05) is 6.20 Å². The topological polar surface area (TPSA) is 85.2 Å². The first kappa shape index (κ1) is 10.4. The first-order chi connectivity index (χ1) is 6.02. The van der Waals surface area contributed by atoms with Crippen molar-refractivity contribution in [3.8, 4) is 0 Å². The van der Waals surface area contributed by atoms with Crippen LogP contribution in [0.4, 0.5) is 5.82 Å². The Kier molecular flexibility index (Phi) is 3.24. The predicted molar refractivity (Wildman–Crippen MR) is 55.0 cm³/mol. The minimum atomic E-state index is -0.600. The summed E-state index contributed by atoms with van der Waals surface area (Å²) in [4.78, 5) is 3.92. The number of anilines is 1. The first-order valence-electron chi connectivity index (χ1n) is 3.87. The van der Waals surface area contributed by atoms with Gasteiger partial charge in [-0.2, -0.15) is 0 Å². The van der Waals surface area contributed by atoms with Gasteiger partial charge >= 0.3 is 0 Å². The fourth-order valence-electron chi connectivity index (χ4n) is 0.924. The molecule has 0 aliphatic rings. The van der Waals surface area contributed by atoms with E-state index in [1.165, 1.54) is 0 Å². The van der Waals surface area contributed by atoms with E-state index in [0.29, 0.717) is 10.3 Å². The molecule has 1 aromatic heterocycles. The highest BCUT2D eigenvalue weighted by atomic mass is 79.9. The molecule has 0 spiro atoms. The number of hydrogen-bond donors (Lipinski definition) is 3. The highest BCUT2D eigenvalue weighted by molar-refractivity contribution is 9.10. The van der Waals surface area contributed by atoms with Gasteiger partial charge in [0.15, 0.2) is 0 Å². The molecule has 0 saturated carbocycles. The zero-order valence-electron chi connectivity index (χ0n) is 7.24. The van der Waals surface area contributed by atoms with Gasteiger partial charge in [0.25, 0.3) is 0 Å². The highest BCUT2D eigenvalue weighted by Crippen LogP contribution is 2.21. The molecule has 0 bridgehead atoms. The molecule has 2 atom stereocenters. The summed E-state index contributed by atoms with van der Waals surface area (Å²) >= 11 is 3.24. The molecule has 0 aromatic carbocycles. The van der Waals surface area contributed by atoms with E-state index in [1.54, 1.807) is 19.2 Å².